The Balaban J connectivity index is 2.78. The normalized spacial score (nSPS) is 12.3. The summed E-state index contributed by atoms with van der Waals surface area (Å²) in [7, 11) is 0. The molecule has 1 amide bonds. The Kier molecular flexibility index (Phi) is 4.12. The van der Waals surface area contributed by atoms with E-state index >= 15 is 0 Å². The van der Waals surface area contributed by atoms with Crippen LogP contribution in [0, 0.1) is 6.92 Å². The van der Waals surface area contributed by atoms with E-state index in [4.69, 9.17) is 17.3 Å². The SMILES string of the molecule is Cc1cccc(C(=O)NCC(C)N)c1Cl. The molecule has 82 valence electrons. The largest absolute Gasteiger partial charge is 0.350 e. The highest BCUT2D eigenvalue weighted by Crippen LogP contribution is 2.19. The Labute approximate surface area is 94.6 Å². The molecule has 0 saturated heterocycles. The van der Waals surface area contributed by atoms with E-state index in [9.17, 15) is 4.79 Å². The number of hydrogen-bond donors (Lipinski definition) is 2. The van der Waals surface area contributed by atoms with Gasteiger partial charge < -0.3 is 11.1 Å². The van der Waals surface area contributed by atoms with Crippen LogP contribution in [0.3, 0.4) is 0 Å². The number of hydrogen-bond acceptors (Lipinski definition) is 2. The minimum Gasteiger partial charge on any atom is -0.350 e. The van der Waals surface area contributed by atoms with Crippen molar-refractivity contribution in [2.75, 3.05) is 6.54 Å². The topological polar surface area (TPSA) is 55.1 Å². The number of rotatable bonds is 3. The van der Waals surface area contributed by atoms with Crippen LogP contribution in [0.5, 0.6) is 0 Å². The molecule has 0 aromatic heterocycles. The summed E-state index contributed by atoms with van der Waals surface area (Å²) in [6, 6.07) is 5.32. The number of halogens is 1. The molecule has 0 aliphatic heterocycles. The lowest BCUT2D eigenvalue weighted by molar-refractivity contribution is 0.0952. The van der Waals surface area contributed by atoms with Crippen molar-refractivity contribution in [2.45, 2.75) is 19.9 Å². The Morgan fingerprint density at radius 2 is 2.27 bits per heavy atom. The number of carbonyl (C=O) groups is 1. The smallest absolute Gasteiger partial charge is 0.252 e. The summed E-state index contributed by atoms with van der Waals surface area (Å²) >= 11 is 6.01. The molecular weight excluding hydrogens is 212 g/mol. The van der Waals surface area contributed by atoms with Gasteiger partial charge in [-0.2, -0.15) is 0 Å². The van der Waals surface area contributed by atoms with Crippen molar-refractivity contribution in [2.24, 2.45) is 5.73 Å². The maximum Gasteiger partial charge on any atom is 0.252 e. The minimum absolute atomic E-state index is 0.0578. The van der Waals surface area contributed by atoms with Crippen LogP contribution in [0.15, 0.2) is 18.2 Å². The molecule has 1 aromatic rings. The van der Waals surface area contributed by atoms with Crippen molar-refractivity contribution >= 4 is 17.5 Å². The highest BCUT2D eigenvalue weighted by Gasteiger charge is 2.11. The van der Waals surface area contributed by atoms with Crippen molar-refractivity contribution in [1.29, 1.82) is 0 Å². The molecule has 1 aromatic carbocycles. The first kappa shape index (κ1) is 12.0. The molecule has 0 aliphatic carbocycles. The van der Waals surface area contributed by atoms with Gasteiger partial charge in [0.1, 0.15) is 0 Å². The van der Waals surface area contributed by atoms with Crippen LogP contribution >= 0.6 is 11.6 Å². The van der Waals surface area contributed by atoms with Gasteiger partial charge in [0.15, 0.2) is 0 Å². The average Bonchev–Trinajstić information content (AvgIpc) is 2.18. The van der Waals surface area contributed by atoms with Crippen LogP contribution in [0.2, 0.25) is 5.02 Å². The van der Waals surface area contributed by atoms with Crippen molar-refractivity contribution in [3.8, 4) is 0 Å². The average molecular weight is 227 g/mol. The highest BCUT2D eigenvalue weighted by atomic mass is 35.5. The number of benzene rings is 1. The van der Waals surface area contributed by atoms with E-state index in [1.807, 2.05) is 26.0 Å². The van der Waals surface area contributed by atoms with Crippen molar-refractivity contribution in [3.05, 3.63) is 34.3 Å². The third kappa shape index (κ3) is 3.22. The Morgan fingerprint density at radius 1 is 1.60 bits per heavy atom. The van der Waals surface area contributed by atoms with Crippen LogP contribution < -0.4 is 11.1 Å². The second kappa shape index (κ2) is 5.14. The van der Waals surface area contributed by atoms with Crippen molar-refractivity contribution in [1.82, 2.24) is 5.32 Å². The molecule has 0 fully saturated rings. The van der Waals surface area contributed by atoms with E-state index < -0.39 is 0 Å². The zero-order valence-corrected chi connectivity index (χ0v) is 9.64. The summed E-state index contributed by atoms with van der Waals surface area (Å²) in [6.45, 7) is 4.14. The van der Waals surface area contributed by atoms with Gasteiger partial charge in [0.2, 0.25) is 0 Å². The summed E-state index contributed by atoms with van der Waals surface area (Å²) < 4.78 is 0. The summed E-state index contributed by atoms with van der Waals surface area (Å²) in [4.78, 5) is 11.7. The lowest BCUT2D eigenvalue weighted by Gasteiger charge is -2.09. The lowest BCUT2D eigenvalue weighted by atomic mass is 10.1. The Hall–Kier alpha value is -1.06. The maximum absolute atomic E-state index is 11.7. The van der Waals surface area contributed by atoms with Crippen molar-refractivity contribution in [3.63, 3.8) is 0 Å². The van der Waals surface area contributed by atoms with Gasteiger partial charge in [-0.15, -0.1) is 0 Å². The fourth-order valence-corrected chi connectivity index (χ4v) is 1.38. The van der Waals surface area contributed by atoms with E-state index in [1.165, 1.54) is 0 Å². The summed E-state index contributed by atoms with van der Waals surface area (Å²) in [5.74, 6) is -0.180. The van der Waals surface area contributed by atoms with Crippen LogP contribution in [0.1, 0.15) is 22.8 Å². The Morgan fingerprint density at radius 3 is 2.87 bits per heavy atom. The fraction of sp³-hybridized carbons (Fsp3) is 0.364. The van der Waals surface area contributed by atoms with Crippen LogP contribution in [0.25, 0.3) is 0 Å². The molecule has 1 atom stereocenters. The molecule has 15 heavy (non-hydrogen) atoms. The van der Waals surface area contributed by atoms with Gasteiger partial charge in [0.05, 0.1) is 10.6 Å². The molecule has 3 nitrogen and oxygen atoms in total. The zero-order valence-electron chi connectivity index (χ0n) is 8.88. The first-order chi connectivity index (χ1) is 7.02. The molecule has 0 spiro atoms. The molecule has 4 heteroatoms. The van der Waals surface area contributed by atoms with Gasteiger partial charge in [0, 0.05) is 12.6 Å². The molecular formula is C11H15ClN2O. The number of amides is 1. The van der Waals surface area contributed by atoms with Gasteiger partial charge in [-0.25, -0.2) is 0 Å². The second-order valence-electron chi connectivity index (χ2n) is 3.62. The predicted octanol–water partition coefficient (Wildman–Crippen LogP) is 1.73. The van der Waals surface area contributed by atoms with Gasteiger partial charge in [0.25, 0.3) is 5.91 Å². The first-order valence-corrected chi connectivity index (χ1v) is 5.19. The number of aryl methyl sites for hydroxylation is 1. The van der Waals surface area contributed by atoms with Crippen molar-refractivity contribution < 1.29 is 4.79 Å². The monoisotopic (exact) mass is 226 g/mol. The van der Waals surface area contributed by atoms with E-state index in [-0.39, 0.29) is 11.9 Å². The third-order valence-electron chi connectivity index (χ3n) is 2.02. The minimum atomic E-state index is -0.180. The standard InChI is InChI=1S/C11H15ClN2O/c1-7-4-3-5-9(10(7)12)11(15)14-6-8(2)13/h3-5,8H,6,13H2,1-2H3,(H,14,15). The predicted molar refractivity (Wildman–Crippen MR) is 62.2 cm³/mol. The van der Waals surface area contributed by atoms with Crippen LogP contribution in [0.4, 0.5) is 0 Å². The van der Waals surface area contributed by atoms with E-state index in [2.05, 4.69) is 5.32 Å². The molecule has 0 heterocycles. The first-order valence-electron chi connectivity index (χ1n) is 4.81. The molecule has 1 rings (SSSR count). The van der Waals surface area contributed by atoms with Gasteiger partial charge in [-0.3, -0.25) is 4.79 Å². The summed E-state index contributed by atoms with van der Waals surface area (Å²) in [6.07, 6.45) is 0. The van der Waals surface area contributed by atoms with Crippen LogP contribution in [-0.4, -0.2) is 18.5 Å². The quantitative estimate of drug-likeness (QED) is 0.825. The molecule has 0 aliphatic rings. The van der Waals surface area contributed by atoms with Crippen LogP contribution in [-0.2, 0) is 0 Å². The summed E-state index contributed by atoms with van der Waals surface area (Å²) in [5, 5.41) is 3.22. The molecule has 0 radical (unpaired) electrons. The van der Waals surface area contributed by atoms with E-state index in [0.717, 1.165) is 5.56 Å². The van der Waals surface area contributed by atoms with E-state index in [1.54, 1.807) is 6.07 Å². The number of nitrogens with one attached hydrogen (secondary N) is 1. The molecule has 0 bridgehead atoms. The van der Waals surface area contributed by atoms with Gasteiger partial charge >= 0.3 is 0 Å². The lowest BCUT2D eigenvalue weighted by Crippen LogP contribution is -2.35. The van der Waals surface area contributed by atoms with Gasteiger partial charge in [-0.05, 0) is 25.5 Å². The molecule has 1 unspecified atom stereocenters. The maximum atomic E-state index is 11.7. The number of carbonyl (C=O) groups excluding carboxylic acids is 1. The van der Waals surface area contributed by atoms with Gasteiger partial charge in [-0.1, -0.05) is 23.7 Å². The summed E-state index contributed by atoms with van der Waals surface area (Å²) in [5.41, 5.74) is 6.93. The highest BCUT2D eigenvalue weighted by molar-refractivity contribution is 6.34. The third-order valence-corrected chi connectivity index (χ3v) is 2.52. The Bertz CT molecular complexity index is 364. The fourth-order valence-electron chi connectivity index (χ4n) is 1.17. The number of nitrogens with two attached hydrogens (primary N) is 1. The molecule has 3 N–H and O–H groups in total. The molecule has 0 saturated carbocycles. The zero-order chi connectivity index (χ0) is 11.4. The second-order valence-corrected chi connectivity index (χ2v) is 4.00. The van der Waals surface area contributed by atoms with E-state index in [0.29, 0.717) is 17.1 Å².